The number of hydrogen-bond acceptors (Lipinski definition) is 6. The summed E-state index contributed by atoms with van der Waals surface area (Å²) >= 11 is 6.76. The summed E-state index contributed by atoms with van der Waals surface area (Å²) in [4.78, 5) is 71.1. The maximum Gasteiger partial charge on any atom is 0.261 e. The van der Waals surface area contributed by atoms with Gasteiger partial charge >= 0.3 is 0 Å². The van der Waals surface area contributed by atoms with Gasteiger partial charge in [-0.05, 0) is 49.1 Å². The van der Waals surface area contributed by atoms with E-state index in [9.17, 15) is 24.0 Å². The van der Waals surface area contributed by atoms with Crippen LogP contribution in [0, 0.1) is 11.8 Å². The van der Waals surface area contributed by atoms with Crippen LogP contribution in [0.25, 0.3) is 0 Å². The fourth-order valence-corrected chi connectivity index (χ4v) is 7.60. The summed E-state index contributed by atoms with van der Waals surface area (Å²) in [6, 6.07) is 9.52. The van der Waals surface area contributed by atoms with Crippen LogP contribution in [0.2, 0.25) is 5.02 Å². The number of ether oxygens (including phenoxy) is 1. The molecule has 1 aliphatic carbocycles. The maximum absolute atomic E-state index is 14.5. The van der Waals surface area contributed by atoms with Crippen molar-refractivity contribution in [2.24, 2.45) is 11.8 Å². The van der Waals surface area contributed by atoms with Crippen LogP contribution in [-0.2, 0) is 20.8 Å². The Morgan fingerprint density at radius 3 is 2.27 bits per heavy atom. The van der Waals surface area contributed by atoms with Gasteiger partial charge in [-0.1, -0.05) is 36.6 Å². The number of halogens is 1. The lowest BCUT2D eigenvalue weighted by Gasteiger charge is -2.43. The topological polar surface area (TPSA) is 116 Å². The van der Waals surface area contributed by atoms with Crippen molar-refractivity contribution in [3.05, 3.63) is 63.7 Å². The Labute approximate surface area is 261 Å². The van der Waals surface area contributed by atoms with E-state index in [4.69, 9.17) is 16.3 Å². The molecular weight excluding hydrogens is 584 g/mol. The number of likely N-dealkylation sites (tertiary alicyclic amines) is 1. The zero-order valence-electron chi connectivity index (χ0n) is 25.0. The Morgan fingerprint density at radius 1 is 0.955 bits per heavy atom. The summed E-state index contributed by atoms with van der Waals surface area (Å²) in [5, 5.41) is 3.24. The SMILES string of the molecule is CNC(=O)[C@@H]1CCCCC1C(=O)N1CCc2c(Cl)ccc(O[C@H]3CCN(C(C)=O)C3)c2[C@H]1CN1C(=O)c2ccccc2C1=O. The third-order valence-corrected chi connectivity index (χ3v) is 9.99. The molecule has 2 fully saturated rings. The van der Waals surface area contributed by atoms with Gasteiger partial charge in [-0.3, -0.25) is 28.9 Å². The van der Waals surface area contributed by atoms with Gasteiger partial charge < -0.3 is 19.9 Å². The largest absolute Gasteiger partial charge is 0.488 e. The van der Waals surface area contributed by atoms with Crippen molar-refractivity contribution in [2.75, 3.05) is 33.2 Å². The van der Waals surface area contributed by atoms with Crippen LogP contribution in [0.15, 0.2) is 36.4 Å². The van der Waals surface area contributed by atoms with Crippen molar-refractivity contribution in [1.82, 2.24) is 20.0 Å². The van der Waals surface area contributed by atoms with Crippen LogP contribution in [0.4, 0.5) is 0 Å². The molecule has 1 N–H and O–H groups in total. The Kier molecular flexibility index (Phi) is 8.37. The second-order valence-corrected chi connectivity index (χ2v) is 12.5. The van der Waals surface area contributed by atoms with Crippen molar-refractivity contribution >= 4 is 41.1 Å². The average Bonchev–Trinajstić information content (AvgIpc) is 3.61. The highest BCUT2D eigenvalue weighted by molar-refractivity contribution is 6.31. The van der Waals surface area contributed by atoms with E-state index >= 15 is 0 Å². The lowest BCUT2D eigenvalue weighted by molar-refractivity contribution is -0.146. The minimum atomic E-state index is -0.736. The summed E-state index contributed by atoms with van der Waals surface area (Å²) in [7, 11) is 1.59. The molecule has 4 aliphatic rings. The summed E-state index contributed by atoms with van der Waals surface area (Å²) in [6.45, 7) is 2.80. The second kappa shape index (κ2) is 12.2. The van der Waals surface area contributed by atoms with E-state index in [1.807, 2.05) is 0 Å². The Balaban J connectivity index is 1.40. The van der Waals surface area contributed by atoms with E-state index in [0.717, 1.165) is 18.4 Å². The number of nitrogens with zero attached hydrogens (tertiary/aromatic N) is 3. The molecule has 0 aromatic heterocycles. The van der Waals surface area contributed by atoms with Crippen LogP contribution < -0.4 is 10.1 Å². The molecule has 1 saturated carbocycles. The number of imide groups is 1. The number of amides is 5. The molecule has 0 radical (unpaired) electrons. The second-order valence-electron chi connectivity index (χ2n) is 12.1. The Hall–Kier alpha value is -3.92. The molecule has 10 nitrogen and oxygen atoms in total. The quantitative estimate of drug-likeness (QED) is 0.493. The molecule has 3 heterocycles. The number of carbonyl (C=O) groups is 5. The monoisotopic (exact) mass is 620 g/mol. The van der Waals surface area contributed by atoms with E-state index in [1.165, 1.54) is 11.8 Å². The molecule has 2 aromatic rings. The van der Waals surface area contributed by atoms with Gasteiger partial charge in [0.1, 0.15) is 11.9 Å². The lowest BCUT2D eigenvalue weighted by Crippen LogP contribution is -2.51. The van der Waals surface area contributed by atoms with Crippen molar-refractivity contribution in [3.63, 3.8) is 0 Å². The Bertz CT molecular complexity index is 1490. The first-order valence-electron chi connectivity index (χ1n) is 15.4. The molecule has 44 heavy (non-hydrogen) atoms. The number of carbonyl (C=O) groups excluding carboxylic acids is 5. The van der Waals surface area contributed by atoms with Crippen molar-refractivity contribution in [2.45, 2.75) is 57.6 Å². The zero-order valence-corrected chi connectivity index (χ0v) is 25.8. The summed E-state index contributed by atoms with van der Waals surface area (Å²) in [5.41, 5.74) is 2.14. The highest BCUT2D eigenvalue weighted by Crippen LogP contribution is 2.44. The molecule has 3 aliphatic heterocycles. The molecule has 232 valence electrons. The van der Waals surface area contributed by atoms with Crippen LogP contribution in [-0.4, -0.2) is 83.6 Å². The number of rotatable bonds is 6. The lowest BCUT2D eigenvalue weighted by atomic mass is 9.77. The smallest absolute Gasteiger partial charge is 0.261 e. The summed E-state index contributed by atoms with van der Waals surface area (Å²) in [5.74, 6) is -1.61. The number of hydrogen-bond donors (Lipinski definition) is 1. The first kappa shape index (κ1) is 30.1. The highest BCUT2D eigenvalue weighted by Gasteiger charge is 2.45. The fourth-order valence-electron chi connectivity index (χ4n) is 7.34. The van der Waals surface area contributed by atoms with Crippen molar-refractivity contribution in [1.29, 1.82) is 0 Å². The predicted molar refractivity (Wildman–Crippen MR) is 162 cm³/mol. The molecule has 0 spiro atoms. The fraction of sp³-hybridized carbons (Fsp3) is 0.485. The number of fused-ring (bicyclic) bond motifs is 2. The average molecular weight is 621 g/mol. The van der Waals surface area contributed by atoms with Gasteiger partial charge in [0.2, 0.25) is 17.7 Å². The molecule has 4 atom stereocenters. The molecule has 5 amide bonds. The molecule has 6 rings (SSSR count). The summed E-state index contributed by atoms with van der Waals surface area (Å²) in [6.07, 6.45) is 3.77. The maximum atomic E-state index is 14.5. The summed E-state index contributed by atoms with van der Waals surface area (Å²) < 4.78 is 6.53. The van der Waals surface area contributed by atoms with E-state index in [-0.39, 0.29) is 30.4 Å². The van der Waals surface area contributed by atoms with Gasteiger partial charge in [-0.2, -0.15) is 0 Å². The standard InChI is InChI=1S/C33H37ClN4O6/c1-19(39)36-15-13-20(17-36)44-28-12-11-26(34)25-14-16-37(31(41)22-8-4-3-7-21(22)30(40)35-2)27(29(25)28)18-38-32(42)23-9-5-6-10-24(23)33(38)43/h5-6,9-12,20-22,27H,3-4,7-8,13-18H2,1-2H3,(H,35,40)/t20-,21+,22?,27+/m0/s1. The van der Waals surface area contributed by atoms with Gasteiger partial charge in [-0.15, -0.1) is 0 Å². The van der Waals surface area contributed by atoms with Crippen molar-refractivity contribution in [3.8, 4) is 5.75 Å². The first-order chi connectivity index (χ1) is 21.2. The molecule has 1 unspecified atom stereocenters. The third-order valence-electron chi connectivity index (χ3n) is 9.64. The van der Waals surface area contributed by atoms with Gasteiger partial charge in [0.25, 0.3) is 11.8 Å². The highest BCUT2D eigenvalue weighted by atomic mass is 35.5. The van der Waals surface area contributed by atoms with Gasteiger partial charge in [0, 0.05) is 55.9 Å². The van der Waals surface area contributed by atoms with Crippen LogP contribution >= 0.6 is 11.6 Å². The first-order valence-corrected chi connectivity index (χ1v) is 15.8. The minimum Gasteiger partial charge on any atom is -0.488 e. The van der Waals surface area contributed by atoms with E-state index < -0.39 is 29.7 Å². The molecule has 1 saturated heterocycles. The number of benzene rings is 2. The van der Waals surface area contributed by atoms with E-state index in [2.05, 4.69) is 5.32 Å². The predicted octanol–water partition coefficient (Wildman–Crippen LogP) is 3.61. The van der Waals surface area contributed by atoms with Gasteiger partial charge in [0.05, 0.1) is 30.3 Å². The minimum absolute atomic E-state index is 0.0207. The van der Waals surface area contributed by atoms with Crippen LogP contribution in [0.1, 0.15) is 76.9 Å². The third kappa shape index (κ3) is 5.33. The van der Waals surface area contributed by atoms with Crippen LogP contribution in [0.3, 0.4) is 0 Å². The molecule has 11 heteroatoms. The number of nitrogens with one attached hydrogen (secondary N) is 1. The molecular formula is C33H37ClN4O6. The molecule has 0 bridgehead atoms. The van der Waals surface area contributed by atoms with Gasteiger partial charge in [0.15, 0.2) is 0 Å². The zero-order chi connectivity index (χ0) is 31.1. The van der Waals surface area contributed by atoms with Crippen molar-refractivity contribution < 1.29 is 28.7 Å². The normalized spacial score (nSPS) is 24.7. The van der Waals surface area contributed by atoms with Gasteiger partial charge in [-0.25, -0.2) is 0 Å². The van der Waals surface area contributed by atoms with E-state index in [0.29, 0.717) is 72.8 Å². The van der Waals surface area contributed by atoms with Crippen LogP contribution in [0.5, 0.6) is 5.75 Å². The Morgan fingerprint density at radius 2 is 1.64 bits per heavy atom. The van der Waals surface area contributed by atoms with E-state index in [1.54, 1.807) is 53.2 Å². The molecule has 2 aromatic carbocycles.